The molecule has 0 unspecified atom stereocenters. The Morgan fingerprint density at radius 1 is 1.00 bits per heavy atom. The Labute approximate surface area is 293 Å². The van der Waals surface area contributed by atoms with Gasteiger partial charge in [0.25, 0.3) is 0 Å². The van der Waals surface area contributed by atoms with Gasteiger partial charge in [-0.3, -0.25) is 19.4 Å². The average molecular weight is 689 g/mol. The maximum absolute atomic E-state index is 13.9. The fourth-order valence-corrected chi connectivity index (χ4v) is 7.90. The molecule has 12 heteroatoms. The number of rotatable bonds is 10. The van der Waals surface area contributed by atoms with E-state index in [1.807, 2.05) is 55.4 Å². The van der Waals surface area contributed by atoms with Crippen molar-refractivity contribution in [3.8, 4) is 11.5 Å². The van der Waals surface area contributed by atoms with Gasteiger partial charge in [0, 0.05) is 38.3 Å². The van der Waals surface area contributed by atoms with Crippen LogP contribution in [0.15, 0.2) is 48.8 Å². The van der Waals surface area contributed by atoms with E-state index in [4.69, 9.17) is 35.8 Å². The van der Waals surface area contributed by atoms with Crippen LogP contribution < -0.4 is 19.3 Å². The number of fused-ring (bicyclic) bond motifs is 1. The molecule has 0 radical (unpaired) electrons. The summed E-state index contributed by atoms with van der Waals surface area (Å²) < 4.78 is 17.8. The largest absolute Gasteiger partial charge is 0.493 e. The highest BCUT2D eigenvalue weighted by molar-refractivity contribution is 6.30. The van der Waals surface area contributed by atoms with Crippen LogP contribution in [0.1, 0.15) is 61.3 Å². The number of ether oxygens (including phenoxy) is 3. The third-order valence-corrected chi connectivity index (χ3v) is 10.8. The van der Waals surface area contributed by atoms with E-state index in [2.05, 4.69) is 9.80 Å². The Morgan fingerprint density at radius 2 is 1.80 bits per heavy atom. The molecule has 260 valence electrons. The number of methoxy groups -OCH3 is 1. The molecule has 2 saturated heterocycles. The number of benzene rings is 2. The third-order valence-electron chi connectivity index (χ3n) is 10.5. The van der Waals surface area contributed by atoms with Crippen molar-refractivity contribution >= 4 is 35.1 Å². The minimum absolute atomic E-state index is 0.0528. The number of anilines is 2. The lowest BCUT2D eigenvalue weighted by Gasteiger charge is -2.37. The van der Waals surface area contributed by atoms with Gasteiger partial charge in [0.1, 0.15) is 12.4 Å². The molecule has 4 aliphatic rings. The second-order valence-electron chi connectivity index (χ2n) is 13.8. The summed E-state index contributed by atoms with van der Waals surface area (Å²) in [4.78, 5) is 43.6. The number of nitrogens with zero attached hydrogens (tertiary/aromatic N) is 6. The predicted molar refractivity (Wildman–Crippen MR) is 187 cm³/mol. The molecule has 3 aromatic rings. The zero-order chi connectivity index (χ0) is 34.1. The fraction of sp³-hybridized carbons (Fsp3) is 0.514. The van der Waals surface area contributed by atoms with Gasteiger partial charge >= 0.3 is 0 Å². The van der Waals surface area contributed by atoms with Crippen LogP contribution >= 0.6 is 11.6 Å². The highest BCUT2D eigenvalue weighted by Crippen LogP contribution is 2.43. The summed E-state index contributed by atoms with van der Waals surface area (Å²) in [7, 11) is 5.54. The van der Waals surface area contributed by atoms with Gasteiger partial charge in [-0.1, -0.05) is 23.7 Å². The molecule has 11 nitrogen and oxygen atoms in total. The Morgan fingerprint density at radius 3 is 2.45 bits per heavy atom. The van der Waals surface area contributed by atoms with Crippen LogP contribution in [0.4, 0.5) is 11.6 Å². The van der Waals surface area contributed by atoms with Crippen molar-refractivity contribution in [2.45, 2.75) is 63.1 Å². The Hall–Kier alpha value is -3.93. The molecule has 0 bridgehead atoms. The predicted octanol–water partition coefficient (Wildman–Crippen LogP) is 5.10. The molecule has 1 aromatic heterocycles. The molecule has 3 fully saturated rings. The normalized spacial score (nSPS) is 24.3. The SMILES string of the molecule is COc1cc2c(cc1OC[C@H]1CCCO1)[C@H](c1ccc(Cl)cc1)N(c1cnc(N(C)CC3CCC(N4CC(=O)N(C)C4)CC3)cn1)C(=O)C2. The number of likely N-dealkylation sites (N-methyl/N-ethyl adjacent to an activating group) is 1. The van der Waals surface area contributed by atoms with Gasteiger partial charge in [-0.15, -0.1) is 0 Å². The van der Waals surface area contributed by atoms with Crippen molar-refractivity contribution in [1.82, 2.24) is 19.8 Å². The van der Waals surface area contributed by atoms with Crippen LogP contribution in [0.5, 0.6) is 11.5 Å². The second kappa shape index (κ2) is 14.5. The van der Waals surface area contributed by atoms with Crippen molar-refractivity contribution in [2.75, 3.05) is 64.0 Å². The van der Waals surface area contributed by atoms with Gasteiger partial charge < -0.3 is 24.0 Å². The van der Waals surface area contributed by atoms with E-state index >= 15 is 0 Å². The Balaban J connectivity index is 1.09. The first-order valence-corrected chi connectivity index (χ1v) is 17.7. The molecule has 1 aliphatic carbocycles. The first-order valence-electron chi connectivity index (χ1n) is 17.3. The molecular formula is C37H45ClN6O5. The number of aromatic nitrogens is 2. The van der Waals surface area contributed by atoms with Gasteiger partial charge in [0.05, 0.1) is 51.3 Å². The summed E-state index contributed by atoms with van der Waals surface area (Å²) in [6.45, 7) is 3.33. The standard InChI is InChI=1S/C37H45ClN6O5/c1-41(20-24-6-12-28(13-7-24)43-21-36(46)42(2)23-43)33-18-40-34(19-39-33)44-35(45)16-26-15-31(47-3)32(49-22-29-5-4-14-48-29)17-30(26)37(44)25-8-10-27(38)11-9-25/h8-11,15,17-19,24,28-29,37H,4-7,12-14,16,20-23H2,1-3H3/t24?,28?,29-,37+/m1/s1. The molecule has 49 heavy (non-hydrogen) atoms. The Bertz CT molecular complexity index is 1640. The van der Waals surface area contributed by atoms with Crippen molar-refractivity contribution in [2.24, 2.45) is 5.92 Å². The van der Waals surface area contributed by atoms with Crippen LogP contribution in [-0.4, -0.2) is 97.9 Å². The van der Waals surface area contributed by atoms with E-state index in [-0.39, 0.29) is 24.3 Å². The molecule has 7 rings (SSSR count). The van der Waals surface area contributed by atoms with E-state index in [1.165, 1.54) is 0 Å². The number of hydrogen-bond donors (Lipinski definition) is 0. The maximum Gasteiger partial charge on any atom is 0.237 e. The molecule has 0 N–H and O–H groups in total. The van der Waals surface area contributed by atoms with Crippen molar-refractivity contribution < 1.29 is 23.8 Å². The van der Waals surface area contributed by atoms with Gasteiger partial charge in [-0.05, 0) is 85.4 Å². The lowest BCUT2D eigenvalue weighted by atomic mass is 9.85. The van der Waals surface area contributed by atoms with Crippen molar-refractivity contribution in [1.29, 1.82) is 0 Å². The fourth-order valence-electron chi connectivity index (χ4n) is 7.77. The molecule has 1 saturated carbocycles. The summed E-state index contributed by atoms with van der Waals surface area (Å²) in [6.07, 6.45) is 10.1. The number of amides is 2. The molecule has 2 amide bonds. The van der Waals surface area contributed by atoms with E-state index < -0.39 is 6.04 Å². The summed E-state index contributed by atoms with van der Waals surface area (Å²) in [5.74, 6) is 3.12. The van der Waals surface area contributed by atoms with Crippen LogP contribution in [0.2, 0.25) is 5.02 Å². The number of hydrogen-bond acceptors (Lipinski definition) is 9. The Kier molecular flexibility index (Phi) is 9.94. The van der Waals surface area contributed by atoms with E-state index in [1.54, 1.807) is 24.4 Å². The summed E-state index contributed by atoms with van der Waals surface area (Å²) in [5.41, 5.74) is 2.72. The molecule has 2 atom stereocenters. The van der Waals surface area contributed by atoms with Gasteiger partial charge in [-0.2, -0.15) is 0 Å². The summed E-state index contributed by atoms with van der Waals surface area (Å²) in [5, 5.41) is 0.618. The molecule has 0 spiro atoms. The quantitative estimate of drug-likeness (QED) is 0.288. The summed E-state index contributed by atoms with van der Waals surface area (Å²) in [6, 6.07) is 11.5. The topological polar surface area (TPSA) is 101 Å². The van der Waals surface area contributed by atoms with Crippen molar-refractivity contribution in [3.63, 3.8) is 0 Å². The molecular weight excluding hydrogens is 644 g/mol. The van der Waals surface area contributed by atoms with Crippen LogP contribution in [0.3, 0.4) is 0 Å². The lowest BCUT2D eigenvalue weighted by molar-refractivity contribution is -0.125. The van der Waals surface area contributed by atoms with Crippen LogP contribution in [0.25, 0.3) is 0 Å². The number of carbonyl (C=O) groups is 2. The third kappa shape index (κ3) is 7.20. The number of carbonyl (C=O) groups excluding carboxylic acids is 2. The van der Waals surface area contributed by atoms with E-state index in [9.17, 15) is 9.59 Å². The lowest BCUT2D eigenvalue weighted by Crippen LogP contribution is -2.41. The van der Waals surface area contributed by atoms with E-state index in [0.717, 1.165) is 80.9 Å². The minimum atomic E-state index is -0.469. The summed E-state index contributed by atoms with van der Waals surface area (Å²) >= 11 is 6.29. The maximum atomic E-state index is 13.9. The highest BCUT2D eigenvalue weighted by Gasteiger charge is 2.37. The van der Waals surface area contributed by atoms with Crippen LogP contribution in [0, 0.1) is 5.92 Å². The van der Waals surface area contributed by atoms with Gasteiger partial charge in [0.2, 0.25) is 11.8 Å². The zero-order valence-corrected chi connectivity index (χ0v) is 29.3. The molecule has 3 aliphatic heterocycles. The first kappa shape index (κ1) is 33.6. The number of halogens is 1. The highest BCUT2D eigenvalue weighted by atomic mass is 35.5. The zero-order valence-electron chi connectivity index (χ0n) is 28.5. The minimum Gasteiger partial charge on any atom is -0.493 e. The van der Waals surface area contributed by atoms with Gasteiger partial charge in [-0.25, -0.2) is 9.97 Å². The first-order chi connectivity index (χ1) is 23.8. The molecule has 2 aromatic carbocycles. The van der Waals surface area contributed by atoms with Crippen molar-refractivity contribution in [3.05, 3.63) is 70.5 Å². The average Bonchev–Trinajstić information content (AvgIpc) is 3.76. The smallest absolute Gasteiger partial charge is 0.237 e. The van der Waals surface area contributed by atoms with Gasteiger partial charge in [0.15, 0.2) is 17.3 Å². The molecule has 4 heterocycles. The monoisotopic (exact) mass is 688 g/mol. The van der Waals surface area contributed by atoms with E-state index in [0.29, 0.717) is 47.5 Å². The second-order valence-corrected chi connectivity index (χ2v) is 14.2. The van der Waals surface area contributed by atoms with Crippen LogP contribution in [-0.2, 0) is 20.7 Å².